The van der Waals surface area contributed by atoms with Gasteiger partial charge in [-0.15, -0.1) is 0 Å². The fourth-order valence-corrected chi connectivity index (χ4v) is 3.73. The van der Waals surface area contributed by atoms with E-state index in [0.29, 0.717) is 5.92 Å². The van der Waals surface area contributed by atoms with Gasteiger partial charge in [-0.3, -0.25) is 4.68 Å². The van der Waals surface area contributed by atoms with Gasteiger partial charge < -0.3 is 9.88 Å². The molecule has 1 aromatic carbocycles. The summed E-state index contributed by atoms with van der Waals surface area (Å²) < 4.78 is 2.10. The Morgan fingerprint density at radius 2 is 2.00 bits per heavy atom. The van der Waals surface area contributed by atoms with Crippen LogP contribution in [-0.2, 0) is 13.0 Å². The largest absolute Gasteiger partial charge is 0.342 e. The molecule has 3 aromatic rings. The third kappa shape index (κ3) is 3.08. The smallest absolute Gasteiger partial charge is 0.110 e. The van der Waals surface area contributed by atoms with Gasteiger partial charge >= 0.3 is 0 Å². The number of benzene rings is 1. The van der Waals surface area contributed by atoms with E-state index >= 15 is 0 Å². The highest BCUT2D eigenvalue weighted by atomic mass is 15.3. The van der Waals surface area contributed by atoms with Gasteiger partial charge in [0.15, 0.2) is 0 Å². The maximum Gasteiger partial charge on any atom is 0.110 e. The fraction of sp³-hybridized carbons (Fsp3) is 0.474. The molecule has 0 aliphatic carbocycles. The molecule has 4 rings (SSSR count). The number of likely N-dealkylation sites (tertiary alicyclic amines) is 1. The van der Waals surface area contributed by atoms with E-state index in [1.54, 1.807) is 0 Å². The number of H-pyrrole nitrogens is 1. The lowest BCUT2D eigenvalue weighted by molar-refractivity contribution is 0.210. The monoisotopic (exact) mass is 323 g/mol. The number of imidazole rings is 1. The van der Waals surface area contributed by atoms with Crippen LogP contribution >= 0.6 is 0 Å². The van der Waals surface area contributed by atoms with Gasteiger partial charge in [0.2, 0.25) is 0 Å². The molecule has 0 saturated carbocycles. The van der Waals surface area contributed by atoms with Crippen molar-refractivity contribution in [3.05, 3.63) is 48.0 Å². The third-order valence-corrected chi connectivity index (χ3v) is 5.17. The first-order valence-electron chi connectivity index (χ1n) is 9.01. The Morgan fingerprint density at radius 3 is 2.79 bits per heavy atom. The van der Waals surface area contributed by atoms with E-state index in [1.165, 1.54) is 24.4 Å². The number of piperidine rings is 1. The maximum absolute atomic E-state index is 4.79. The number of nitrogens with zero attached hydrogens (tertiary/aromatic N) is 4. The van der Waals surface area contributed by atoms with Gasteiger partial charge in [-0.05, 0) is 51.1 Å². The molecule has 5 heteroatoms. The quantitative estimate of drug-likeness (QED) is 0.784. The Labute approximate surface area is 142 Å². The second-order valence-electron chi connectivity index (χ2n) is 6.64. The van der Waals surface area contributed by atoms with Crippen LogP contribution in [0.15, 0.2) is 36.5 Å². The third-order valence-electron chi connectivity index (χ3n) is 5.17. The molecule has 0 unspecified atom stereocenters. The molecule has 0 atom stereocenters. The molecular weight excluding hydrogens is 298 g/mol. The number of fused-ring (bicyclic) bond motifs is 1. The average Bonchev–Trinajstić information content (AvgIpc) is 3.26. The zero-order valence-electron chi connectivity index (χ0n) is 14.3. The summed E-state index contributed by atoms with van der Waals surface area (Å²) in [5.41, 5.74) is 3.59. The molecule has 0 spiro atoms. The Morgan fingerprint density at radius 1 is 1.17 bits per heavy atom. The van der Waals surface area contributed by atoms with Crippen LogP contribution in [0.5, 0.6) is 0 Å². The lowest BCUT2D eigenvalue weighted by atomic mass is 9.96. The van der Waals surface area contributed by atoms with E-state index in [0.717, 1.165) is 43.6 Å². The van der Waals surface area contributed by atoms with E-state index < -0.39 is 0 Å². The zero-order valence-corrected chi connectivity index (χ0v) is 14.3. The molecule has 0 bridgehead atoms. The van der Waals surface area contributed by atoms with Crippen LogP contribution in [0.1, 0.15) is 37.2 Å². The predicted molar refractivity (Wildman–Crippen MR) is 96.1 cm³/mol. The number of nitrogens with one attached hydrogen (secondary N) is 1. The molecule has 1 fully saturated rings. The van der Waals surface area contributed by atoms with E-state index in [1.807, 2.05) is 6.20 Å². The minimum Gasteiger partial charge on any atom is -0.342 e. The van der Waals surface area contributed by atoms with Crippen LogP contribution in [0.3, 0.4) is 0 Å². The molecule has 1 aliphatic heterocycles. The number of rotatable bonds is 5. The van der Waals surface area contributed by atoms with Crippen molar-refractivity contribution in [2.45, 2.75) is 38.6 Å². The normalized spacial score (nSPS) is 16.9. The molecular formula is C19H25N5. The molecule has 126 valence electrons. The van der Waals surface area contributed by atoms with Crippen LogP contribution in [0.2, 0.25) is 0 Å². The average molecular weight is 323 g/mol. The summed E-state index contributed by atoms with van der Waals surface area (Å²) >= 11 is 0. The first-order valence-corrected chi connectivity index (χ1v) is 9.01. The highest BCUT2D eigenvalue weighted by molar-refractivity contribution is 5.74. The molecule has 2 aromatic heterocycles. The molecule has 3 heterocycles. The lowest BCUT2D eigenvalue weighted by Gasteiger charge is -2.31. The van der Waals surface area contributed by atoms with Crippen LogP contribution in [0, 0.1) is 0 Å². The molecule has 1 aliphatic rings. The van der Waals surface area contributed by atoms with Crippen LogP contribution < -0.4 is 0 Å². The molecule has 1 saturated heterocycles. The van der Waals surface area contributed by atoms with Crippen molar-refractivity contribution in [3.8, 4) is 0 Å². The Balaban J connectivity index is 1.33. The fourth-order valence-electron chi connectivity index (χ4n) is 3.73. The van der Waals surface area contributed by atoms with Crippen molar-refractivity contribution >= 4 is 11.0 Å². The summed E-state index contributed by atoms with van der Waals surface area (Å²) in [6.07, 6.45) is 5.37. The highest BCUT2D eigenvalue weighted by Gasteiger charge is 2.23. The minimum atomic E-state index is 0.565. The number of aromatic nitrogens is 4. The summed E-state index contributed by atoms with van der Waals surface area (Å²) in [6, 6.07) is 10.5. The summed E-state index contributed by atoms with van der Waals surface area (Å²) in [5, 5.41) is 4.36. The first kappa shape index (κ1) is 15.4. The number of aryl methyl sites for hydroxylation is 1. The maximum atomic E-state index is 4.79. The zero-order chi connectivity index (χ0) is 16.4. The molecule has 5 nitrogen and oxygen atoms in total. The second-order valence-corrected chi connectivity index (χ2v) is 6.64. The second kappa shape index (κ2) is 6.77. The summed E-state index contributed by atoms with van der Waals surface area (Å²) in [6.45, 7) is 6.54. The molecule has 24 heavy (non-hydrogen) atoms. The van der Waals surface area contributed by atoms with E-state index in [-0.39, 0.29) is 0 Å². The Hall–Kier alpha value is -2.14. The van der Waals surface area contributed by atoms with E-state index in [2.05, 4.69) is 56.9 Å². The number of hydrogen-bond acceptors (Lipinski definition) is 3. The van der Waals surface area contributed by atoms with Crippen molar-refractivity contribution < 1.29 is 0 Å². The van der Waals surface area contributed by atoms with E-state index in [4.69, 9.17) is 4.98 Å². The van der Waals surface area contributed by atoms with Crippen molar-refractivity contribution in [2.24, 2.45) is 0 Å². The number of aromatic amines is 1. The van der Waals surface area contributed by atoms with Crippen molar-refractivity contribution in [3.63, 3.8) is 0 Å². The molecule has 0 amide bonds. The lowest BCUT2D eigenvalue weighted by Crippen LogP contribution is -2.35. The van der Waals surface area contributed by atoms with Crippen molar-refractivity contribution in [2.75, 3.05) is 19.6 Å². The van der Waals surface area contributed by atoms with Crippen molar-refractivity contribution in [1.82, 2.24) is 24.6 Å². The number of hydrogen-bond donors (Lipinski definition) is 1. The van der Waals surface area contributed by atoms with Gasteiger partial charge in [0.05, 0.1) is 11.0 Å². The Bertz CT molecular complexity index is 762. The Kier molecular flexibility index (Phi) is 4.34. The van der Waals surface area contributed by atoms with Gasteiger partial charge in [-0.1, -0.05) is 12.1 Å². The minimum absolute atomic E-state index is 0.565. The first-order chi connectivity index (χ1) is 11.8. The van der Waals surface area contributed by atoms with Gasteiger partial charge in [-0.2, -0.15) is 5.10 Å². The van der Waals surface area contributed by atoms with Gasteiger partial charge in [0.25, 0.3) is 0 Å². The highest BCUT2D eigenvalue weighted by Crippen LogP contribution is 2.27. The predicted octanol–water partition coefficient (Wildman–Crippen LogP) is 3.20. The van der Waals surface area contributed by atoms with Gasteiger partial charge in [0.1, 0.15) is 5.82 Å². The molecule has 1 N–H and O–H groups in total. The number of para-hydroxylation sites is 2. The topological polar surface area (TPSA) is 49.7 Å². The van der Waals surface area contributed by atoms with Gasteiger partial charge in [-0.25, -0.2) is 4.98 Å². The SMILES string of the molecule is CCn1nccc1CCN1CCC(c2nc3ccccc3[nH]2)CC1. The standard InChI is InChI=1S/C19H25N5/c1-2-24-16(7-11-20-24)10-14-23-12-8-15(9-13-23)19-21-17-5-3-4-6-18(17)22-19/h3-7,11,15H,2,8-10,12-14H2,1H3,(H,21,22). The summed E-state index contributed by atoms with van der Waals surface area (Å²) in [4.78, 5) is 10.9. The molecule has 0 radical (unpaired) electrons. The van der Waals surface area contributed by atoms with Crippen molar-refractivity contribution in [1.29, 1.82) is 0 Å². The van der Waals surface area contributed by atoms with Crippen LogP contribution in [0.25, 0.3) is 11.0 Å². The van der Waals surface area contributed by atoms with Crippen LogP contribution in [0.4, 0.5) is 0 Å². The summed E-state index contributed by atoms with van der Waals surface area (Å²) in [5.74, 6) is 1.73. The van der Waals surface area contributed by atoms with Gasteiger partial charge in [0, 0.05) is 37.3 Å². The van der Waals surface area contributed by atoms with Crippen LogP contribution in [-0.4, -0.2) is 44.3 Å². The summed E-state index contributed by atoms with van der Waals surface area (Å²) in [7, 11) is 0. The van der Waals surface area contributed by atoms with E-state index in [9.17, 15) is 0 Å².